The Bertz CT molecular complexity index is 1270. The SMILES string of the molecule is FC(F)(F)CN1CCCN(c2ccc3c(n2)N[C@H]2CCN3C2)CC1.c1cc2c(nc1N1CCCNCC1)N[C@H]1CCN2C1. The van der Waals surface area contributed by atoms with Crippen LogP contribution in [0.5, 0.6) is 0 Å². The van der Waals surface area contributed by atoms with Crippen LogP contribution in [0.4, 0.5) is 47.8 Å². The lowest BCUT2D eigenvalue weighted by Crippen LogP contribution is -2.37. The molecule has 43 heavy (non-hydrogen) atoms. The summed E-state index contributed by atoms with van der Waals surface area (Å²) in [5.74, 6) is 3.98. The van der Waals surface area contributed by atoms with Crippen molar-refractivity contribution >= 4 is 34.6 Å². The number of rotatable bonds is 3. The number of alkyl halides is 3. The summed E-state index contributed by atoms with van der Waals surface area (Å²) in [5, 5.41) is 10.5. The zero-order valence-corrected chi connectivity index (χ0v) is 24.7. The van der Waals surface area contributed by atoms with Crippen molar-refractivity contribution in [2.45, 2.75) is 43.9 Å². The van der Waals surface area contributed by atoms with E-state index in [0.29, 0.717) is 31.7 Å². The number of anilines is 6. The molecule has 4 bridgehead atoms. The van der Waals surface area contributed by atoms with Crippen LogP contribution >= 0.6 is 0 Å². The lowest BCUT2D eigenvalue weighted by Gasteiger charge is -2.30. The van der Waals surface area contributed by atoms with E-state index in [-0.39, 0.29) is 0 Å². The fraction of sp³-hybridized carbons (Fsp3) is 0.667. The molecule has 0 radical (unpaired) electrons. The van der Waals surface area contributed by atoms with Crippen LogP contribution in [0.25, 0.3) is 0 Å². The third kappa shape index (κ3) is 6.52. The van der Waals surface area contributed by atoms with Gasteiger partial charge in [0.1, 0.15) is 11.6 Å². The van der Waals surface area contributed by atoms with E-state index in [1.165, 1.54) is 30.0 Å². The van der Waals surface area contributed by atoms with E-state index in [1.807, 2.05) is 6.07 Å². The van der Waals surface area contributed by atoms with Gasteiger partial charge < -0.3 is 35.6 Å². The number of hydrogen-bond acceptors (Lipinski definition) is 10. The summed E-state index contributed by atoms with van der Waals surface area (Å²) in [5.41, 5.74) is 2.42. The van der Waals surface area contributed by atoms with Gasteiger partial charge in [0.15, 0.2) is 11.6 Å². The Balaban J connectivity index is 0.000000143. The third-order valence-electron chi connectivity index (χ3n) is 9.44. The normalized spacial score (nSPS) is 25.1. The van der Waals surface area contributed by atoms with Crippen LogP contribution in [0.1, 0.15) is 25.7 Å². The molecule has 3 N–H and O–H groups in total. The minimum atomic E-state index is -4.13. The quantitative estimate of drug-likeness (QED) is 0.490. The van der Waals surface area contributed by atoms with Gasteiger partial charge in [0.2, 0.25) is 0 Å². The van der Waals surface area contributed by atoms with Gasteiger partial charge in [-0.3, -0.25) is 4.90 Å². The summed E-state index contributed by atoms with van der Waals surface area (Å²) in [6, 6.07) is 9.57. The summed E-state index contributed by atoms with van der Waals surface area (Å²) in [4.78, 5) is 20.4. The summed E-state index contributed by atoms with van der Waals surface area (Å²) >= 11 is 0. The van der Waals surface area contributed by atoms with Crippen molar-refractivity contribution in [2.24, 2.45) is 0 Å². The summed E-state index contributed by atoms with van der Waals surface area (Å²) < 4.78 is 37.7. The first-order valence-corrected chi connectivity index (χ1v) is 15.9. The number of pyridine rings is 2. The maximum Gasteiger partial charge on any atom is 0.401 e. The van der Waals surface area contributed by atoms with Gasteiger partial charge in [0.25, 0.3) is 0 Å². The molecular weight excluding hydrogens is 557 g/mol. The molecule has 8 rings (SSSR count). The van der Waals surface area contributed by atoms with Crippen molar-refractivity contribution in [3.05, 3.63) is 24.3 Å². The Kier molecular flexibility index (Phi) is 8.02. The average molecular weight is 601 g/mol. The van der Waals surface area contributed by atoms with Gasteiger partial charge in [-0.2, -0.15) is 13.2 Å². The minimum absolute atomic E-state index is 0.417. The van der Waals surface area contributed by atoms with Crippen LogP contribution in [-0.2, 0) is 0 Å². The Morgan fingerprint density at radius 3 is 1.88 bits per heavy atom. The second-order valence-electron chi connectivity index (χ2n) is 12.5. The molecule has 0 saturated carbocycles. The number of halogens is 3. The number of fused-ring (bicyclic) bond motifs is 8. The zero-order chi connectivity index (χ0) is 29.4. The predicted octanol–water partition coefficient (Wildman–Crippen LogP) is 3.05. The highest BCUT2D eigenvalue weighted by Gasteiger charge is 2.34. The topological polar surface area (TPSA) is 78.1 Å². The van der Waals surface area contributed by atoms with E-state index < -0.39 is 12.7 Å². The van der Waals surface area contributed by atoms with Gasteiger partial charge in [-0.05, 0) is 56.5 Å². The molecule has 8 heterocycles. The largest absolute Gasteiger partial charge is 0.401 e. The number of nitrogens with zero attached hydrogens (tertiary/aromatic N) is 7. The second-order valence-corrected chi connectivity index (χ2v) is 12.5. The maximum absolute atomic E-state index is 12.6. The van der Waals surface area contributed by atoms with Crippen molar-refractivity contribution in [3.63, 3.8) is 0 Å². The van der Waals surface area contributed by atoms with Gasteiger partial charge >= 0.3 is 6.18 Å². The smallest absolute Gasteiger partial charge is 0.366 e. The van der Waals surface area contributed by atoms with Crippen molar-refractivity contribution in [3.8, 4) is 0 Å². The molecule has 6 aliphatic heterocycles. The van der Waals surface area contributed by atoms with Crippen LogP contribution in [0.15, 0.2) is 24.3 Å². The Labute approximate surface area is 251 Å². The van der Waals surface area contributed by atoms with Crippen molar-refractivity contribution in [1.82, 2.24) is 20.2 Å². The maximum atomic E-state index is 12.6. The van der Waals surface area contributed by atoms with Gasteiger partial charge in [-0.1, -0.05) is 0 Å². The monoisotopic (exact) mass is 600 g/mol. The van der Waals surface area contributed by atoms with Gasteiger partial charge in [-0.25, -0.2) is 9.97 Å². The van der Waals surface area contributed by atoms with E-state index in [9.17, 15) is 13.2 Å². The molecule has 10 nitrogen and oxygen atoms in total. The Morgan fingerprint density at radius 2 is 1.26 bits per heavy atom. The van der Waals surface area contributed by atoms with Gasteiger partial charge in [0, 0.05) is 84.1 Å². The molecule has 2 aromatic heterocycles. The fourth-order valence-electron chi connectivity index (χ4n) is 7.23. The van der Waals surface area contributed by atoms with E-state index in [0.717, 1.165) is 94.2 Å². The molecule has 234 valence electrons. The minimum Gasteiger partial charge on any atom is -0.366 e. The molecule has 2 atom stereocenters. The first-order chi connectivity index (χ1) is 20.9. The number of aromatic nitrogens is 2. The van der Waals surface area contributed by atoms with E-state index in [2.05, 4.69) is 53.7 Å². The van der Waals surface area contributed by atoms with Crippen LogP contribution in [0, 0.1) is 0 Å². The first-order valence-electron chi connectivity index (χ1n) is 15.9. The second kappa shape index (κ2) is 12.1. The summed E-state index contributed by atoms with van der Waals surface area (Å²) in [6.45, 7) is 10.1. The molecule has 0 aromatic carbocycles. The molecule has 2 aromatic rings. The molecule has 4 fully saturated rings. The molecule has 4 saturated heterocycles. The van der Waals surface area contributed by atoms with Crippen molar-refractivity contribution in [2.75, 3.05) is 115 Å². The number of hydrogen-bond donors (Lipinski definition) is 3. The van der Waals surface area contributed by atoms with Crippen LogP contribution < -0.4 is 35.6 Å². The molecule has 0 amide bonds. The van der Waals surface area contributed by atoms with E-state index in [4.69, 9.17) is 9.97 Å². The average Bonchev–Trinajstić information content (AvgIpc) is 3.33. The predicted molar refractivity (Wildman–Crippen MR) is 166 cm³/mol. The summed E-state index contributed by atoms with van der Waals surface area (Å²) in [6.07, 6.45) is 0.149. The van der Waals surface area contributed by atoms with Crippen molar-refractivity contribution < 1.29 is 13.2 Å². The lowest BCUT2D eigenvalue weighted by atomic mass is 10.2. The first kappa shape index (κ1) is 28.6. The molecule has 0 unspecified atom stereocenters. The van der Waals surface area contributed by atoms with Crippen LogP contribution in [0.2, 0.25) is 0 Å². The molecule has 6 aliphatic rings. The highest BCUT2D eigenvalue weighted by molar-refractivity contribution is 5.73. The fourth-order valence-corrected chi connectivity index (χ4v) is 7.23. The molecule has 0 spiro atoms. The van der Waals surface area contributed by atoms with Crippen molar-refractivity contribution in [1.29, 1.82) is 0 Å². The van der Waals surface area contributed by atoms with Gasteiger partial charge in [-0.15, -0.1) is 0 Å². The number of nitrogens with one attached hydrogen (secondary N) is 3. The molecular formula is C30H43F3N10. The van der Waals surface area contributed by atoms with Gasteiger partial charge in [0.05, 0.1) is 17.9 Å². The Hall–Kier alpha value is -3.19. The molecule has 0 aliphatic carbocycles. The van der Waals surface area contributed by atoms with Crippen LogP contribution in [0.3, 0.4) is 0 Å². The highest BCUT2D eigenvalue weighted by atomic mass is 19.4. The zero-order valence-electron chi connectivity index (χ0n) is 24.7. The summed E-state index contributed by atoms with van der Waals surface area (Å²) in [7, 11) is 0. The Morgan fingerprint density at radius 1 is 0.651 bits per heavy atom. The lowest BCUT2D eigenvalue weighted by molar-refractivity contribution is -0.145. The third-order valence-corrected chi connectivity index (χ3v) is 9.44. The highest BCUT2D eigenvalue weighted by Crippen LogP contribution is 2.37. The van der Waals surface area contributed by atoms with Crippen LogP contribution in [-0.4, -0.2) is 118 Å². The molecule has 13 heteroatoms. The van der Waals surface area contributed by atoms with E-state index in [1.54, 1.807) is 0 Å². The standard InChI is InChI=1S/C16H22F3N5.C14H21N5/c17-16(18,19)11-22-5-1-6-23(9-8-22)14-3-2-13-15(21-14)20-12-4-7-24(13)10-12;1-5-15-6-9-18(7-1)13-3-2-12-14(17-13)16-11-4-8-19(12)10-11/h2-3,12H,1,4-11H2,(H,20,21);2-3,11,15H,1,4-10H2,(H,16,17)/t12-;11-/m00/s1. The van der Waals surface area contributed by atoms with E-state index >= 15 is 0 Å².